The maximum atomic E-state index is 12.5. The third kappa shape index (κ3) is 5.22. The van der Waals surface area contributed by atoms with Crippen molar-refractivity contribution in [2.24, 2.45) is 0 Å². The van der Waals surface area contributed by atoms with E-state index in [9.17, 15) is 8.42 Å². The molecule has 0 atom stereocenters. The van der Waals surface area contributed by atoms with Gasteiger partial charge in [0.15, 0.2) is 0 Å². The molecule has 8 nitrogen and oxygen atoms in total. The van der Waals surface area contributed by atoms with Crippen LogP contribution >= 0.6 is 11.8 Å². The van der Waals surface area contributed by atoms with Crippen LogP contribution in [0.4, 0.5) is 5.69 Å². The van der Waals surface area contributed by atoms with E-state index in [0.717, 1.165) is 5.56 Å². The number of nitrogens with one attached hydrogen (secondary N) is 1. The number of hydrogen-bond donors (Lipinski definition) is 1. The fourth-order valence-corrected chi connectivity index (χ4v) is 4.42. The van der Waals surface area contributed by atoms with Gasteiger partial charge in [0.2, 0.25) is 5.89 Å². The Hall–Kier alpha value is -3.37. The summed E-state index contributed by atoms with van der Waals surface area (Å²) in [4.78, 5) is 4.22. The molecule has 2 aromatic carbocycles. The maximum Gasteiger partial charge on any atom is 0.277 e. The number of thioether (sulfide) groups is 1. The van der Waals surface area contributed by atoms with Gasteiger partial charge in [0.1, 0.15) is 5.75 Å². The van der Waals surface area contributed by atoms with Crippen LogP contribution < -0.4 is 9.46 Å². The van der Waals surface area contributed by atoms with Crippen LogP contribution in [0.1, 0.15) is 5.56 Å². The fraction of sp³-hybridized carbons (Fsp3) is 0.0952. The minimum absolute atomic E-state index is 0.143. The third-order valence-corrected chi connectivity index (χ3v) is 6.53. The molecule has 0 aliphatic heterocycles. The second-order valence-corrected chi connectivity index (χ2v) is 8.99. The molecule has 2 heterocycles. The number of anilines is 1. The number of rotatable bonds is 8. The van der Waals surface area contributed by atoms with Gasteiger partial charge in [0.05, 0.1) is 12.0 Å². The number of nitrogens with zero attached hydrogens (tertiary/aromatic N) is 3. The topological polar surface area (TPSA) is 107 Å². The summed E-state index contributed by atoms with van der Waals surface area (Å²) in [6.45, 7) is 0. The van der Waals surface area contributed by atoms with Gasteiger partial charge in [-0.15, -0.1) is 10.2 Å². The summed E-state index contributed by atoms with van der Waals surface area (Å²) < 4.78 is 38.4. The zero-order chi connectivity index (χ0) is 21.7. The minimum atomic E-state index is -3.71. The van der Waals surface area contributed by atoms with Gasteiger partial charge < -0.3 is 9.15 Å². The van der Waals surface area contributed by atoms with E-state index in [1.54, 1.807) is 48.8 Å². The molecule has 4 aromatic rings. The van der Waals surface area contributed by atoms with E-state index in [1.165, 1.54) is 31.0 Å². The van der Waals surface area contributed by atoms with E-state index < -0.39 is 10.0 Å². The number of methoxy groups -OCH3 is 1. The molecule has 2 aromatic heterocycles. The van der Waals surface area contributed by atoms with Gasteiger partial charge in [0.25, 0.3) is 15.2 Å². The van der Waals surface area contributed by atoms with Gasteiger partial charge in [-0.2, -0.15) is 0 Å². The Labute approximate surface area is 183 Å². The number of pyridine rings is 1. The lowest BCUT2D eigenvalue weighted by Gasteiger charge is -2.09. The lowest BCUT2D eigenvalue weighted by Crippen LogP contribution is -2.12. The lowest BCUT2D eigenvalue weighted by molar-refractivity contribution is 0.414. The Bertz CT molecular complexity index is 1240. The summed E-state index contributed by atoms with van der Waals surface area (Å²) in [5.41, 5.74) is 2.17. The molecule has 1 N–H and O–H groups in total. The molecule has 4 rings (SSSR count). The summed E-state index contributed by atoms with van der Waals surface area (Å²) in [7, 11) is -2.19. The van der Waals surface area contributed by atoms with Crippen molar-refractivity contribution in [3.8, 4) is 17.2 Å². The standard InChI is InChI=1S/C21H18N4O4S2/c1-28-18-8-10-19(11-9-18)31(26,27)25-17-6-4-16(5-7-17)20-23-24-21(29-20)30-14-15-3-2-12-22-13-15/h2-13,25H,14H2,1H3. The quantitative estimate of drug-likeness (QED) is 0.394. The van der Waals surface area contributed by atoms with Crippen molar-refractivity contribution in [2.75, 3.05) is 11.8 Å². The number of aromatic nitrogens is 3. The first-order chi connectivity index (χ1) is 15.0. The number of benzene rings is 2. The van der Waals surface area contributed by atoms with Crippen molar-refractivity contribution in [3.63, 3.8) is 0 Å². The average molecular weight is 455 g/mol. The van der Waals surface area contributed by atoms with Crippen LogP contribution in [0.5, 0.6) is 5.75 Å². The molecule has 0 aliphatic rings. The van der Waals surface area contributed by atoms with Gasteiger partial charge in [-0.25, -0.2) is 8.42 Å². The molecular weight excluding hydrogens is 436 g/mol. The van der Waals surface area contributed by atoms with Crippen molar-refractivity contribution in [1.82, 2.24) is 15.2 Å². The third-order valence-electron chi connectivity index (χ3n) is 4.25. The zero-order valence-electron chi connectivity index (χ0n) is 16.4. The van der Waals surface area contributed by atoms with Crippen LogP contribution in [0.15, 0.2) is 87.6 Å². The molecule has 0 saturated heterocycles. The summed E-state index contributed by atoms with van der Waals surface area (Å²) in [5, 5.41) is 8.56. The van der Waals surface area contributed by atoms with Crippen LogP contribution in [0.25, 0.3) is 11.5 Å². The van der Waals surface area contributed by atoms with Crippen molar-refractivity contribution < 1.29 is 17.6 Å². The van der Waals surface area contributed by atoms with Gasteiger partial charge in [0, 0.05) is 29.4 Å². The van der Waals surface area contributed by atoms with Gasteiger partial charge in [-0.1, -0.05) is 17.8 Å². The molecule has 0 fully saturated rings. The Morgan fingerprint density at radius 2 is 1.81 bits per heavy atom. The van der Waals surface area contributed by atoms with E-state index in [1.807, 2.05) is 12.1 Å². The van der Waals surface area contributed by atoms with Crippen LogP contribution in [-0.2, 0) is 15.8 Å². The zero-order valence-corrected chi connectivity index (χ0v) is 18.1. The molecule has 0 unspecified atom stereocenters. The summed E-state index contributed by atoms with van der Waals surface area (Å²) in [5.74, 6) is 1.61. The summed E-state index contributed by atoms with van der Waals surface area (Å²) in [6.07, 6.45) is 3.51. The molecule has 0 saturated carbocycles. The predicted molar refractivity (Wildman–Crippen MR) is 117 cm³/mol. The second-order valence-electron chi connectivity index (χ2n) is 6.38. The Morgan fingerprint density at radius 3 is 2.48 bits per heavy atom. The molecule has 0 amide bonds. The van der Waals surface area contributed by atoms with Gasteiger partial charge in [-0.3, -0.25) is 9.71 Å². The highest BCUT2D eigenvalue weighted by atomic mass is 32.2. The minimum Gasteiger partial charge on any atom is -0.497 e. The van der Waals surface area contributed by atoms with E-state index in [4.69, 9.17) is 9.15 Å². The van der Waals surface area contributed by atoms with Crippen LogP contribution in [-0.4, -0.2) is 30.7 Å². The first kappa shape index (κ1) is 20.9. The van der Waals surface area contributed by atoms with Crippen molar-refractivity contribution in [3.05, 3.63) is 78.6 Å². The average Bonchev–Trinajstić information content (AvgIpc) is 3.28. The normalized spacial score (nSPS) is 11.3. The number of hydrogen-bond acceptors (Lipinski definition) is 8. The highest BCUT2D eigenvalue weighted by molar-refractivity contribution is 7.98. The Kier molecular flexibility index (Phi) is 6.19. The van der Waals surface area contributed by atoms with Crippen molar-refractivity contribution >= 4 is 27.5 Å². The Balaban J connectivity index is 1.41. The van der Waals surface area contributed by atoms with Crippen molar-refractivity contribution in [1.29, 1.82) is 0 Å². The van der Waals surface area contributed by atoms with Crippen LogP contribution in [0.3, 0.4) is 0 Å². The molecule has 158 valence electrons. The maximum absolute atomic E-state index is 12.5. The van der Waals surface area contributed by atoms with E-state index in [0.29, 0.717) is 33.9 Å². The molecule has 0 bridgehead atoms. The predicted octanol–water partition coefficient (Wildman–Crippen LogP) is 4.23. The second kappa shape index (κ2) is 9.19. The smallest absolute Gasteiger partial charge is 0.277 e. The molecule has 0 spiro atoms. The van der Waals surface area contributed by atoms with Gasteiger partial charge >= 0.3 is 0 Å². The summed E-state index contributed by atoms with van der Waals surface area (Å²) in [6, 6.07) is 16.7. The fourth-order valence-electron chi connectivity index (χ4n) is 2.66. The monoisotopic (exact) mass is 454 g/mol. The largest absolute Gasteiger partial charge is 0.497 e. The van der Waals surface area contributed by atoms with Crippen LogP contribution in [0, 0.1) is 0 Å². The highest BCUT2D eigenvalue weighted by Gasteiger charge is 2.15. The molecule has 0 radical (unpaired) electrons. The van der Waals surface area contributed by atoms with E-state index in [-0.39, 0.29) is 4.90 Å². The first-order valence-corrected chi connectivity index (χ1v) is 11.6. The first-order valence-electron chi connectivity index (χ1n) is 9.16. The molecule has 31 heavy (non-hydrogen) atoms. The van der Waals surface area contributed by atoms with Crippen LogP contribution in [0.2, 0.25) is 0 Å². The number of sulfonamides is 1. The SMILES string of the molecule is COc1ccc(S(=O)(=O)Nc2ccc(-c3nnc(SCc4cccnc4)o3)cc2)cc1. The van der Waals surface area contributed by atoms with E-state index in [2.05, 4.69) is 19.9 Å². The highest BCUT2D eigenvalue weighted by Crippen LogP contribution is 2.27. The molecule has 10 heteroatoms. The Morgan fingerprint density at radius 1 is 1.03 bits per heavy atom. The summed E-state index contributed by atoms with van der Waals surface area (Å²) >= 11 is 1.42. The molecule has 0 aliphatic carbocycles. The number of ether oxygens (including phenoxy) is 1. The lowest BCUT2D eigenvalue weighted by atomic mass is 10.2. The van der Waals surface area contributed by atoms with E-state index >= 15 is 0 Å². The molecular formula is C21H18N4O4S2. The van der Waals surface area contributed by atoms with Gasteiger partial charge in [-0.05, 0) is 60.2 Å². The van der Waals surface area contributed by atoms with Crippen molar-refractivity contribution in [2.45, 2.75) is 15.9 Å².